The van der Waals surface area contributed by atoms with Crippen molar-refractivity contribution in [1.29, 1.82) is 0 Å². The highest BCUT2D eigenvalue weighted by Gasteiger charge is 2.09. The summed E-state index contributed by atoms with van der Waals surface area (Å²) in [6.07, 6.45) is 20.4. The summed E-state index contributed by atoms with van der Waals surface area (Å²) in [4.78, 5) is 23.8. The number of Topliss-reactive ketones (excluding diaryl/α,β-unsaturated/α-hetero) is 1. The van der Waals surface area contributed by atoms with Gasteiger partial charge in [0, 0.05) is 6.42 Å². The fourth-order valence-electron chi connectivity index (χ4n) is 3.36. The number of carboxylic acids is 1. The van der Waals surface area contributed by atoms with Crippen LogP contribution in [-0.2, 0) is 9.59 Å². The summed E-state index contributed by atoms with van der Waals surface area (Å²) in [5.74, 6) is -0.726. The summed E-state index contributed by atoms with van der Waals surface area (Å²) in [7, 11) is 1.68. The number of nitrogens with zero attached hydrogens (tertiary/aromatic N) is 1. The van der Waals surface area contributed by atoms with Gasteiger partial charge in [-0.2, -0.15) is 0 Å². The van der Waals surface area contributed by atoms with E-state index in [0.717, 1.165) is 12.8 Å². The minimum Gasteiger partial charge on any atom is -0.480 e. The zero-order chi connectivity index (χ0) is 19.5. The maximum atomic E-state index is 11.7. The van der Waals surface area contributed by atoms with Gasteiger partial charge < -0.3 is 5.11 Å². The van der Waals surface area contributed by atoms with Crippen LogP contribution in [0.3, 0.4) is 0 Å². The van der Waals surface area contributed by atoms with Gasteiger partial charge in [-0.3, -0.25) is 14.5 Å². The van der Waals surface area contributed by atoms with Crippen LogP contribution < -0.4 is 0 Å². The number of carbonyl (C=O) groups excluding carboxylic acids is 1. The molecule has 0 atom stereocenters. The van der Waals surface area contributed by atoms with Gasteiger partial charge in [-0.1, -0.05) is 96.8 Å². The van der Waals surface area contributed by atoms with Crippen LogP contribution in [0.4, 0.5) is 0 Å². The van der Waals surface area contributed by atoms with Gasteiger partial charge >= 0.3 is 5.97 Å². The van der Waals surface area contributed by atoms with E-state index in [4.69, 9.17) is 5.11 Å². The fraction of sp³-hybridized carbons (Fsp3) is 0.909. The van der Waals surface area contributed by atoms with Gasteiger partial charge in [0.05, 0.1) is 13.1 Å². The Morgan fingerprint density at radius 3 is 1.42 bits per heavy atom. The van der Waals surface area contributed by atoms with Crippen LogP contribution in [0.25, 0.3) is 0 Å². The third kappa shape index (κ3) is 19.4. The first-order valence-electron chi connectivity index (χ1n) is 11.0. The second-order valence-corrected chi connectivity index (χ2v) is 7.80. The normalized spacial score (nSPS) is 11.2. The molecule has 26 heavy (non-hydrogen) atoms. The smallest absolute Gasteiger partial charge is 0.317 e. The van der Waals surface area contributed by atoms with E-state index in [9.17, 15) is 9.59 Å². The van der Waals surface area contributed by atoms with Gasteiger partial charge in [0.1, 0.15) is 5.78 Å². The van der Waals surface area contributed by atoms with Gasteiger partial charge in [0.15, 0.2) is 0 Å². The first-order chi connectivity index (χ1) is 12.6. The average Bonchev–Trinajstić information content (AvgIpc) is 2.57. The summed E-state index contributed by atoms with van der Waals surface area (Å²) in [5, 5.41) is 8.66. The van der Waals surface area contributed by atoms with Crippen LogP contribution >= 0.6 is 0 Å². The van der Waals surface area contributed by atoms with Crippen molar-refractivity contribution in [2.75, 3.05) is 20.1 Å². The number of unbranched alkanes of at least 4 members (excludes halogenated alkanes) is 14. The molecule has 0 aliphatic rings. The largest absolute Gasteiger partial charge is 0.480 e. The lowest BCUT2D eigenvalue weighted by Crippen LogP contribution is -2.30. The number of hydrogen-bond donors (Lipinski definition) is 1. The van der Waals surface area contributed by atoms with Crippen LogP contribution in [0.1, 0.15) is 110 Å². The van der Waals surface area contributed by atoms with Crippen molar-refractivity contribution < 1.29 is 14.7 Å². The molecule has 0 fully saturated rings. The summed E-state index contributed by atoms with van der Waals surface area (Å²) in [6.45, 7) is 2.46. The molecule has 0 saturated heterocycles. The molecule has 0 aliphatic carbocycles. The monoisotopic (exact) mass is 369 g/mol. The Hall–Kier alpha value is -0.900. The maximum Gasteiger partial charge on any atom is 0.317 e. The zero-order valence-electron chi connectivity index (χ0n) is 17.4. The van der Waals surface area contributed by atoms with E-state index in [1.807, 2.05) is 0 Å². The van der Waals surface area contributed by atoms with E-state index in [1.165, 1.54) is 83.5 Å². The van der Waals surface area contributed by atoms with Gasteiger partial charge in [-0.15, -0.1) is 0 Å². The lowest BCUT2D eigenvalue weighted by atomic mass is 10.0. The van der Waals surface area contributed by atoms with Crippen molar-refractivity contribution in [1.82, 2.24) is 4.90 Å². The molecule has 0 amide bonds. The molecule has 0 heterocycles. The lowest BCUT2D eigenvalue weighted by Gasteiger charge is -2.12. The van der Waals surface area contributed by atoms with E-state index in [0.29, 0.717) is 6.42 Å². The first kappa shape index (κ1) is 25.1. The predicted molar refractivity (Wildman–Crippen MR) is 110 cm³/mol. The standard InChI is InChI=1S/C22H43NO3/c1-3-4-5-6-7-8-9-10-11-12-13-14-15-16-17-18-21(24)19-23(2)20-22(25)26/h3-20H2,1-2H3,(H,25,26). The summed E-state index contributed by atoms with van der Waals surface area (Å²) in [5.41, 5.74) is 0. The second-order valence-electron chi connectivity index (χ2n) is 7.80. The first-order valence-corrected chi connectivity index (χ1v) is 11.0. The van der Waals surface area contributed by atoms with Gasteiger partial charge in [-0.25, -0.2) is 0 Å². The molecule has 0 rings (SSSR count). The number of carboxylic acid groups (broad SMARTS) is 1. The molecule has 0 radical (unpaired) electrons. The number of hydrogen-bond acceptors (Lipinski definition) is 3. The van der Waals surface area contributed by atoms with Crippen molar-refractivity contribution in [3.8, 4) is 0 Å². The minimum absolute atomic E-state index is 0.0649. The molecule has 0 aromatic rings. The van der Waals surface area contributed by atoms with Gasteiger partial charge in [-0.05, 0) is 13.5 Å². The van der Waals surface area contributed by atoms with E-state index in [2.05, 4.69) is 6.92 Å². The minimum atomic E-state index is -0.882. The molecule has 1 N–H and O–H groups in total. The summed E-state index contributed by atoms with van der Waals surface area (Å²) in [6, 6.07) is 0. The van der Waals surface area contributed by atoms with Gasteiger partial charge in [0.2, 0.25) is 0 Å². The Morgan fingerprint density at radius 1 is 0.654 bits per heavy atom. The Bertz CT molecular complexity index is 344. The lowest BCUT2D eigenvalue weighted by molar-refractivity contribution is -0.138. The molecule has 0 unspecified atom stereocenters. The van der Waals surface area contributed by atoms with E-state index in [1.54, 1.807) is 11.9 Å². The number of rotatable bonds is 20. The van der Waals surface area contributed by atoms with Crippen LogP contribution in [0.2, 0.25) is 0 Å². The molecule has 154 valence electrons. The van der Waals surface area contributed by atoms with E-state index < -0.39 is 5.97 Å². The molecular weight excluding hydrogens is 326 g/mol. The van der Waals surface area contributed by atoms with E-state index >= 15 is 0 Å². The van der Waals surface area contributed by atoms with E-state index in [-0.39, 0.29) is 18.9 Å². The number of likely N-dealkylation sites (N-methyl/N-ethyl adjacent to an activating group) is 1. The molecule has 0 aliphatic heterocycles. The van der Waals surface area contributed by atoms with Crippen LogP contribution in [0.15, 0.2) is 0 Å². The molecule has 0 bridgehead atoms. The molecule has 0 aromatic carbocycles. The number of ketones is 1. The third-order valence-corrected chi connectivity index (χ3v) is 4.91. The highest BCUT2D eigenvalue weighted by Crippen LogP contribution is 2.13. The molecule has 0 spiro atoms. The van der Waals surface area contributed by atoms with Crippen molar-refractivity contribution in [2.24, 2.45) is 0 Å². The predicted octanol–water partition coefficient (Wildman–Crippen LogP) is 5.83. The number of carbonyl (C=O) groups is 2. The molecule has 4 heteroatoms. The quantitative estimate of drug-likeness (QED) is 0.274. The maximum absolute atomic E-state index is 11.7. The van der Waals surface area contributed by atoms with Gasteiger partial charge in [0.25, 0.3) is 0 Å². The zero-order valence-corrected chi connectivity index (χ0v) is 17.4. The highest BCUT2D eigenvalue weighted by molar-refractivity contribution is 5.81. The Balaban J connectivity index is 3.21. The average molecular weight is 370 g/mol. The Morgan fingerprint density at radius 2 is 1.04 bits per heavy atom. The SMILES string of the molecule is CCCCCCCCCCCCCCCCCC(=O)CN(C)CC(=O)O. The molecule has 0 saturated carbocycles. The van der Waals surface area contributed by atoms with Crippen molar-refractivity contribution in [3.05, 3.63) is 0 Å². The Kier molecular flexibility index (Phi) is 18.2. The van der Waals surface area contributed by atoms with Crippen LogP contribution in [0, 0.1) is 0 Å². The van der Waals surface area contributed by atoms with Crippen LogP contribution in [-0.4, -0.2) is 41.9 Å². The van der Waals surface area contributed by atoms with Crippen molar-refractivity contribution in [2.45, 2.75) is 110 Å². The van der Waals surface area contributed by atoms with Crippen molar-refractivity contribution in [3.63, 3.8) is 0 Å². The molecular formula is C22H43NO3. The van der Waals surface area contributed by atoms with Crippen LogP contribution in [0.5, 0.6) is 0 Å². The van der Waals surface area contributed by atoms with Crippen molar-refractivity contribution >= 4 is 11.8 Å². The fourth-order valence-corrected chi connectivity index (χ4v) is 3.36. The number of aliphatic carboxylic acids is 1. The topological polar surface area (TPSA) is 57.6 Å². The third-order valence-electron chi connectivity index (χ3n) is 4.91. The summed E-state index contributed by atoms with van der Waals surface area (Å²) >= 11 is 0. The molecule has 4 nitrogen and oxygen atoms in total. The Labute approximate surface area is 161 Å². The second kappa shape index (κ2) is 18.9. The molecule has 0 aromatic heterocycles. The summed E-state index contributed by atoms with van der Waals surface area (Å²) < 4.78 is 0. The highest BCUT2D eigenvalue weighted by atomic mass is 16.4.